The van der Waals surface area contributed by atoms with E-state index >= 15 is 0 Å². The van der Waals surface area contributed by atoms with Crippen molar-refractivity contribution < 1.29 is 9.18 Å². The molecule has 1 N–H and O–H groups in total. The van der Waals surface area contributed by atoms with Crippen LogP contribution in [-0.4, -0.2) is 32.5 Å². The number of nitrogens with one attached hydrogen (secondary N) is 1. The third-order valence-electron chi connectivity index (χ3n) is 4.55. The summed E-state index contributed by atoms with van der Waals surface area (Å²) in [4.78, 5) is 12.5. The van der Waals surface area contributed by atoms with E-state index in [1.807, 2.05) is 25.1 Å². The average molecular weight is 399 g/mol. The van der Waals surface area contributed by atoms with Crippen LogP contribution in [0.2, 0.25) is 0 Å². The summed E-state index contributed by atoms with van der Waals surface area (Å²) in [6.07, 6.45) is 0. The number of carbonyl (C=O) groups is 1. The molecule has 28 heavy (non-hydrogen) atoms. The summed E-state index contributed by atoms with van der Waals surface area (Å²) < 4.78 is 15.7. The molecule has 0 saturated heterocycles. The predicted octanol–water partition coefficient (Wildman–Crippen LogP) is 4.02. The van der Waals surface area contributed by atoms with Gasteiger partial charge in [0.05, 0.1) is 10.8 Å². The topological polar surface area (TPSA) is 59.8 Å². The fourth-order valence-electron chi connectivity index (χ4n) is 2.80. The van der Waals surface area contributed by atoms with Gasteiger partial charge in [-0.05, 0) is 30.5 Å². The Balaban J connectivity index is 1.61. The van der Waals surface area contributed by atoms with Gasteiger partial charge in [-0.25, -0.2) is 4.39 Å². The first-order chi connectivity index (χ1) is 13.5. The average Bonchev–Trinajstić information content (AvgIpc) is 3.07. The van der Waals surface area contributed by atoms with Crippen molar-refractivity contribution in [2.75, 3.05) is 6.54 Å². The summed E-state index contributed by atoms with van der Waals surface area (Å²) in [6.45, 7) is 4.47. The summed E-state index contributed by atoms with van der Waals surface area (Å²) >= 11 is 1.30. The molecule has 0 bridgehead atoms. The number of halogens is 1. The van der Waals surface area contributed by atoms with Crippen LogP contribution in [0.3, 0.4) is 0 Å². The van der Waals surface area contributed by atoms with Crippen LogP contribution >= 0.6 is 11.8 Å². The maximum absolute atomic E-state index is 14.0. The van der Waals surface area contributed by atoms with Crippen molar-refractivity contribution in [1.82, 2.24) is 20.1 Å². The van der Waals surface area contributed by atoms with Crippen molar-refractivity contribution >= 4 is 17.7 Å². The molecule has 0 aliphatic rings. The van der Waals surface area contributed by atoms with Gasteiger partial charge in [0.15, 0.2) is 11.0 Å². The van der Waals surface area contributed by atoms with Crippen molar-refractivity contribution in [1.29, 1.82) is 0 Å². The van der Waals surface area contributed by atoms with Gasteiger partial charge in [-0.2, -0.15) is 0 Å². The number of nitrogens with zero attached hydrogens (tertiary/aromatic N) is 3. The Morgan fingerprint density at radius 2 is 1.79 bits per heavy atom. The summed E-state index contributed by atoms with van der Waals surface area (Å²) in [6, 6.07) is 16.5. The molecular formula is C21H23FN4OS. The van der Waals surface area contributed by atoms with Crippen LogP contribution in [0.5, 0.6) is 0 Å². The Morgan fingerprint density at radius 1 is 1.11 bits per heavy atom. The highest BCUT2D eigenvalue weighted by atomic mass is 32.2. The molecule has 3 aromatic rings. The zero-order valence-electron chi connectivity index (χ0n) is 16.1. The Labute approximate surface area is 168 Å². The van der Waals surface area contributed by atoms with E-state index in [0.29, 0.717) is 23.1 Å². The number of thioether (sulfide) groups is 1. The highest BCUT2D eigenvalue weighted by Crippen LogP contribution is 2.27. The molecule has 7 heteroatoms. The molecule has 146 valence electrons. The number of hydrogen-bond donors (Lipinski definition) is 1. The molecule has 1 heterocycles. The summed E-state index contributed by atoms with van der Waals surface area (Å²) in [5.41, 5.74) is 1.57. The number of rotatable bonds is 7. The minimum atomic E-state index is -0.352. The monoisotopic (exact) mass is 398 g/mol. The van der Waals surface area contributed by atoms with Gasteiger partial charge in [0.2, 0.25) is 5.91 Å². The van der Waals surface area contributed by atoms with E-state index in [4.69, 9.17) is 0 Å². The molecule has 2 atom stereocenters. The van der Waals surface area contributed by atoms with Crippen LogP contribution in [0.15, 0.2) is 59.8 Å². The number of benzene rings is 2. The number of aromatic nitrogens is 3. The van der Waals surface area contributed by atoms with Crippen molar-refractivity contribution in [3.05, 3.63) is 66.0 Å². The Kier molecular flexibility index (Phi) is 6.46. The lowest BCUT2D eigenvalue weighted by atomic mass is 10.0. The molecule has 1 amide bonds. The first-order valence-electron chi connectivity index (χ1n) is 9.11. The minimum Gasteiger partial charge on any atom is -0.355 e. The van der Waals surface area contributed by atoms with Gasteiger partial charge in [-0.15, -0.1) is 10.2 Å². The van der Waals surface area contributed by atoms with Gasteiger partial charge in [0.1, 0.15) is 5.82 Å². The highest BCUT2D eigenvalue weighted by Gasteiger charge is 2.20. The Bertz CT molecular complexity index is 945. The molecule has 0 unspecified atom stereocenters. The standard InChI is InChI=1S/C21H23FN4OS/c1-14(16-9-5-4-6-10-16)13-23-20(27)15(2)28-21-25-24-19(26(21)3)17-11-7-8-12-18(17)22/h4-12,14-15H,13H2,1-3H3,(H,23,27)/t14-,15+/m0/s1. The van der Waals surface area contributed by atoms with Crippen LogP contribution in [0.1, 0.15) is 25.3 Å². The van der Waals surface area contributed by atoms with Crippen LogP contribution in [0, 0.1) is 5.82 Å². The molecule has 0 radical (unpaired) electrons. The summed E-state index contributed by atoms with van der Waals surface area (Å²) in [5.74, 6) is 0.245. The SMILES string of the molecule is C[C@@H](Sc1nnc(-c2ccccc2F)n1C)C(=O)NC[C@H](C)c1ccccc1. The molecule has 5 nitrogen and oxygen atoms in total. The normalized spacial score (nSPS) is 13.1. The van der Waals surface area contributed by atoms with E-state index < -0.39 is 0 Å². The maximum Gasteiger partial charge on any atom is 0.233 e. The van der Waals surface area contributed by atoms with E-state index in [-0.39, 0.29) is 22.9 Å². The third-order valence-corrected chi connectivity index (χ3v) is 5.69. The van der Waals surface area contributed by atoms with E-state index in [1.165, 1.54) is 23.4 Å². The molecule has 0 spiro atoms. The first-order valence-corrected chi connectivity index (χ1v) is 9.99. The molecule has 0 aliphatic heterocycles. The predicted molar refractivity (Wildman–Crippen MR) is 110 cm³/mol. The lowest BCUT2D eigenvalue weighted by molar-refractivity contribution is -0.120. The number of carbonyl (C=O) groups excluding carboxylic acids is 1. The molecular weight excluding hydrogens is 375 g/mol. The minimum absolute atomic E-state index is 0.0665. The van der Waals surface area contributed by atoms with Crippen molar-refractivity contribution in [2.45, 2.75) is 30.2 Å². The molecule has 0 aliphatic carbocycles. The van der Waals surface area contributed by atoms with Crippen molar-refractivity contribution in [3.63, 3.8) is 0 Å². The van der Waals surface area contributed by atoms with Gasteiger partial charge in [0, 0.05) is 13.6 Å². The van der Waals surface area contributed by atoms with Crippen LogP contribution < -0.4 is 5.32 Å². The van der Waals surface area contributed by atoms with Gasteiger partial charge in [0.25, 0.3) is 0 Å². The first kappa shape index (κ1) is 20.1. The smallest absolute Gasteiger partial charge is 0.233 e. The van der Waals surface area contributed by atoms with Crippen LogP contribution in [-0.2, 0) is 11.8 Å². The molecule has 3 rings (SSSR count). The quantitative estimate of drug-likeness (QED) is 0.611. The Morgan fingerprint density at radius 3 is 2.50 bits per heavy atom. The van der Waals surface area contributed by atoms with E-state index in [9.17, 15) is 9.18 Å². The summed E-state index contributed by atoms with van der Waals surface area (Å²) in [5, 5.41) is 11.4. The maximum atomic E-state index is 14.0. The largest absolute Gasteiger partial charge is 0.355 e. The fourth-order valence-corrected chi connectivity index (χ4v) is 3.64. The lowest BCUT2D eigenvalue weighted by Crippen LogP contribution is -2.33. The molecule has 0 fully saturated rings. The lowest BCUT2D eigenvalue weighted by Gasteiger charge is -2.15. The molecule has 0 saturated carbocycles. The number of amides is 1. The van der Waals surface area contributed by atoms with Gasteiger partial charge >= 0.3 is 0 Å². The van der Waals surface area contributed by atoms with Gasteiger partial charge in [-0.1, -0.05) is 61.2 Å². The zero-order chi connectivity index (χ0) is 20.1. The second-order valence-corrected chi connectivity index (χ2v) is 7.97. The van der Waals surface area contributed by atoms with Gasteiger partial charge < -0.3 is 9.88 Å². The van der Waals surface area contributed by atoms with E-state index in [2.05, 4.69) is 34.6 Å². The second-order valence-electron chi connectivity index (χ2n) is 6.66. The highest BCUT2D eigenvalue weighted by molar-refractivity contribution is 8.00. The Hall–Kier alpha value is -2.67. The molecule has 2 aromatic carbocycles. The number of hydrogen-bond acceptors (Lipinski definition) is 4. The van der Waals surface area contributed by atoms with Crippen LogP contribution in [0.25, 0.3) is 11.4 Å². The van der Waals surface area contributed by atoms with Gasteiger partial charge in [-0.3, -0.25) is 4.79 Å². The zero-order valence-corrected chi connectivity index (χ0v) is 16.9. The van der Waals surface area contributed by atoms with E-state index in [1.54, 1.807) is 29.8 Å². The second kappa shape index (κ2) is 9.01. The van der Waals surface area contributed by atoms with E-state index in [0.717, 1.165) is 0 Å². The van der Waals surface area contributed by atoms with Crippen molar-refractivity contribution in [3.8, 4) is 11.4 Å². The van der Waals surface area contributed by atoms with Crippen molar-refractivity contribution in [2.24, 2.45) is 7.05 Å². The van der Waals surface area contributed by atoms with Crippen LogP contribution in [0.4, 0.5) is 4.39 Å². The molecule has 1 aromatic heterocycles. The fraction of sp³-hybridized carbons (Fsp3) is 0.286. The third kappa shape index (κ3) is 4.59. The summed E-state index contributed by atoms with van der Waals surface area (Å²) in [7, 11) is 1.77.